The normalized spacial score (nSPS) is 11.0. The van der Waals surface area contributed by atoms with Crippen molar-refractivity contribution in [3.05, 3.63) is 42.8 Å². The first-order valence-electron chi connectivity index (χ1n) is 6.98. The lowest BCUT2D eigenvalue weighted by Crippen LogP contribution is -1.99. The Morgan fingerprint density at radius 2 is 2.22 bits per heavy atom. The number of aromatic nitrogens is 4. The maximum atomic E-state index is 8.81. The number of nitrogen functional groups attached to an aromatic ring is 1. The van der Waals surface area contributed by atoms with E-state index in [0.29, 0.717) is 11.5 Å². The zero-order chi connectivity index (χ0) is 17.2. The fourth-order valence-electron chi connectivity index (χ4n) is 1.63. The van der Waals surface area contributed by atoms with Gasteiger partial charge in [-0.2, -0.15) is 5.26 Å². The van der Waals surface area contributed by atoms with Crippen molar-refractivity contribution in [1.82, 2.24) is 19.9 Å². The average molecular weight is 312 g/mol. The molecule has 2 aromatic heterocycles. The van der Waals surface area contributed by atoms with Gasteiger partial charge in [-0.1, -0.05) is 30.9 Å². The highest BCUT2D eigenvalue weighted by molar-refractivity contribution is 5.67. The molecule has 0 atom stereocenters. The fraction of sp³-hybridized carbons (Fsp3) is 0.250. The Kier molecular flexibility index (Phi) is 7.01. The molecule has 0 aliphatic rings. The third-order valence-electron chi connectivity index (χ3n) is 2.91. The molecule has 7 nitrogen and oxygen atoms in total. The zero-order valence-corrected chi connectivity index (χ0v) is 13.5. The van der Waals surface area contributed by atoms with Gasteiger partial charge < -0.3 is 10.3 Å². The summed E-state index contributed by atoms with van der Waals surface area (Å²) in [6.45, 7) is 9.44. The van der Waals surface area contributed by atoms with Crippen LogP contribution in [0.3, 0.4) is 0 Å². The van der Waals surface area contributed by atoms with E-state index in [4.69, 9.17) is 11.0 Å². The molecule has 0 aliphatic heterocycles. The number of allylic oxidation sites excluding steroid dienone is 5. The molecule has 0 aliphatic carbocycles. The van der Waals surface area contributed by atoms with Crippen LogP contribution in [-0.4, -0.2) is 19.9 Å². The third-order valence-corrected chi connectivity index (χ3v) is 2.91. The van der Waals surface area contributed by atoms with Crippen LogP contribution in [-0.2, 0) is 6.54 Å². The van der Waals surface area contributed by atoms with Crippen molar-refractivity contribution in [3.63, 3.8) is 0 Å². The molecule has 2 heterocycles. The summed E-state index contributed by atoms with van der Waals surface area (Å²) >= 11 is 0. The van der Waals surface area contributed by atoms with Crippen LogP contribution in [0.2, 0.25) is 0 Å². The van der Waals surface area contributed by atoms with Gasteiger partial charge in [-0.3, -0.25) is 0 Å². The molecule has 0 fully saturated rings. The van der Waals surface area contributed by atoms with Gasteiger partial charge in [0.2, 0.25) is 0 Å². The lowest BCUT2D eigenvalue weighted by molar-refractivity contribution is 0.310. The fourth-order valence-corrected chi connectivity index (χ4v) is 1.63. The topological polar surface area (TPSA) is 107 Å². The Hall–Kier alpha value is -3.14. The summed E-state index contributed by atoms with van der Waals surface area (Å²) in [7, 11) is 0. The molecule has 0 unspecified atom stereocenters. The smallest absolute Gasteiger partial charge is 0.199 e. The second-order valence-electron chi connectivity index (χ2n) is 4.47. The van der Waals surface area contributed by atoms with Crippen molar-refractivity contribution < 1.29 is 4.63 Å². The van der Waals surface area contributed by atoms with E-state index in [2.05, 4.69) is 32.6 Å². The Morgan fingerprint density at radius 3 is 2.65 bits per heavy atom. The van der Waals surface area contributed by atoms with E-state index in [1.807, 2.05) is 39.0 Å². The van der Waals surface area contributed by atoms with E-state index in [1.165, 1.54) is 0 Å². The Labute approximate surface area is 135 Å². The second-order valence-corrected chi connectivity index (χ2v) is 4.47. The highest BCUT2D eigenvalue weighted by Gasteiger charge is 2.17. The quantitative estimate of drug-likeness (QED) is 0.869. The molecule has 0 saturated heterocycles. The second kappa shape index (κ2) is 9.00. The van der Waals surface area contributed by atoms with Gasteiger partial charge in [0.05, 0.1) is 11.8 Å². The highest BCUT2D eigenvalue weighted by Crippen LogP contribution is 2.24. The summed E-state index contributed by atoms with van der Waals surface area (Å²) in [5.41, 5.74) is 7.76. The molecule has 0 spiro atoms. The monoisotopic (exact) mass is 312 g/mol. The van der Waals surface area contributed by atoms with Gasteiger partial charge in [0.15, 0.2) is 17.3 Å². The Morgan fingerprint density at radius 1 is 1.48 bits per heavy atom. The van der Waals surface area contributed by atoms with E-state index >= 15 is 0 Å². The van der Waals surface area contributed by atoms with E-state index in [-0.39, 0.29) is 12.4 Å². The van der Waals surface area contributed by atoms with Crippen molar-refractivity contribution >= 4 is 11.4 Å². The van der Waals surface area contributed by atoms with Gasteiger partial charge in [-0.05, 0) is 36.7 Å². The van der Waals surface area contributed by atoms with Gasteiger partial charge in [-0.15, -0.1) is 0 Å². The molecule has 0 bridgehead atoms. The van der Waals surface area contributed by atoms with Crippen LogP contribution >= 0.6 is 0 Å². The molecule has 0 amide bonds. The minimum Gasteiger partial charge on any atom is -0.379 e. The molecule has 2 aromatic rings. The molecule has 23 heavy (non-hydrogen) atoms. The van der Waals surface area contributed by atoms with Crippen LogP contribution in [0.1, 0.15) is 26.5 Å². The van der Waals surface area contributed by atoms with Crippen LogP contribution in [0, 0.1) is 11.3 Å². The molecule has 7 heteroatoms. The summed E-state index contributed by atoms with van der Waals surface area (Å²) in [4.78, 5) is 4.40. The highest BCUT2D eigenvalue weighted by atomic mass is 16.6. The van der Waals surface area contributed by atoms with E-state index in [0.717, 1.165) is 11.3 Å². The van der Waals surface area contributed by atoms with Crippen LogP contribution < -0.4 is 5.73 Å². The maximum Gasteiger partial charge on any atom is 0.199 e. The molecular weight excluding hydrogens is 292 g/mol. The molecule has 0 saturated carbocycles. The standard InChI is InChI=1S/C11H12N6O.C5H8/c1-3-7(2)8-6-17(5-4-12)11(14-8)9-10(13)16-18-15-9;1-3-5-4-2/h3,6H,5H2,1-2H3,(H2,13,16);3-5H,1H2,2H3/b7-3+;5-4-. The van der Waals surface area contributed by atoms with Gasteiger partial charge in [0.1, 0.15) is 6.54 Å². The SMILES string of the molecule is C/C=C(\C)c1cn(CC#N)c(-c2nonc2N)n1.C=C/C=C\C. The molecule has 2 N–H and O–H groups in total. The number of hydrogen-bond donors (Lipinski definition) is 1. The zero-order valence-electron chi connectivity index (χ0n) is 13.5. The van der Waals surface area contributed by atoms with Gasteiger partial charge >= 0.3 is 0 Å². The van der Waals surface area contributed by atoms with Crippen molar-refractivity contribution in [3.8, 4) is 17.6 Å². The summed E-state index contributed by atoms with van der Waals surface area (Å²) in [5.74, 6) is 0.635. The molecule has 2 rings (SSSR count). The van der Waals surface area contributed by atoms with E-state index in [1.54, 1.807) is 16.8 Å². The summed E-state index contributed by atoms with van der Waals surface area (Å²) in [6, 6.07) is 2.06. The summed E-state index contributed by atoms with van der Waals surface area (Å²) < 4.78 is 6.22. The third kappa shape index (κ3) is 4.68. The average Bonchev–Trinajstić information content (AvgIpc) is 3.14. The number of nitriles is 1. The molecule has 120 valence electrons. The van der Waals surface area contributed by atoms with E-state index < -0.39 is 0 Å². The number of nitrogens with two attached hydrogens (primary N) is 1. The Bertz CT molecular complexity index is 745. The Balaban J connectivity index is 0.000000463. The van der Waals surface area contributed by atoms with Crippen LogP contribution in [0.15, 0.2) is 41.7 Å². The molecule has 0 aromatic carbocycles. The minimum absolute atomic E-state index is 0.157. The van der Waals surface area contributed by atoms with Crippen molar-refractivity contribution in [2.24, 2.45) is 0 Å². The number of rotatable bonds is 4. The first kappa shape index (κ1) is 17.9. The first-order chi connectivity index (χ1) is 11.1. The lowest BCUT2D eigenvalue weighted by atomic mass is 10.2. The van der Waals surface area contributed by atoms with Crippen LogP contribution in [0.5, 0.6) is 0 Å². The van der Waals surface area contributed by atoms with E-state index in [9.17, 15) is 0 Å². The first-order valence-corrected chi connectivity index (χ1v) is 6.98. The molecule has 0 radical (unpaired) electrons. The predicted octanol–water partition coefficient (Wildman–Crippen LogP) is 3.21. The summed E-state index contributed by atoms with van der Waals surface area (Å²) in [5, 5.41) is 16.0. The number of anilines is 1. The number of nitrogens with zero attached hydrogens (tertiary/aromatic N) is 5. The van der Waals surface area contributed by atoms with Crippen molar-refractivity contribution in [1.29, 1.82) is 5.26 Å². The number of imidazole rings is 1. The molecular formula is C16H20N6O. The minimum atomic E-state index is 0.157. The van der Waals surface area contributed by atoms with Crippen molar-refractivity contribution in [2.75, 3.05) is 5.73 Å². The van der Waals surface area contributed by atoms with Crippen molar-refractivity contribution in [2.45, 2.75) is 27.3 Å². The number of hydrogen-bond acceptors (Lipinski definition) is 6. The van der Waals surface area contributed by atoms with Gasteiger partial charge in [0.25, 0.3) is 0 Å². The van der Waals surface area contributed by atoms with Gasteiger partial charge in [0, 0.05) is 6.20 Å². The lowest BCUT2D eigenvalue weighted by Gasteiger charge is -1.98. The van der Waals surface area contributed by atoms with Gasteiger partial charge in [-0.25, -0.2) is 9.61 Å². The maximum absolute atomic E-state index is 8.81. The van der Waals surface area contributed by atoms with Crippen LogP contribution in [0.4, 0.5) is 5.82 Å². The largest absolute Gasteiger partial charge is 0.379 e. The predicted molar refractivity (Wildman–Crippen MR) is 89.9 cm³/mol. The summed E-state index contributed by atoms with van der Waals surface area (Å²) in [6.07, 6.45) is 9.29. The van der Waals surface area contributed by atoms with Crippen LogP contribution in [0.25, 0.3) is 17.1 Å².